The molecule has 2 aliphatic carbocycles. The topological polar surface area (TPSA) is 0 Å². The predicted molar refractivity (Wildman–Crippen MR) is 192 cm³/mol. The molecular formula is C44H31B. The van der Waals surface area contributed by atoms with Crippen LogP contribution in [0.3, 0.4) is 0 Å². The summed E-state index contributed by atoms with van der Waals surface area (Å²) in [6, 6.07) is 44.6. The van der Waals surface area contributed by atoms with Crippen LogP contribution < -0.4 is 16.4 Å². The molecule has 2 heterocycles. The Morgan fingerprint density at radius 2 is 0.800 bits per heavy atom. The Hall–Kier alpha value is -4.88. The number of benzene rings is 7. The Labute approximate surface area is 264 Å². The van der Waals surface area contributed by atoms with Gasteiger partial charge in [0.2, 0.25) is 6.71 Å². The lowest BCUT2D eigenvalue weighted by molar-refractivity contribution is 0.666. The summed E-state index contributed by atoms with van der Waals surface area (Å²) in [6.45, 7) is 9.85. The van der Waals surface area contributed by atoms with Crippen molar-refractivity contribution in [3.05, 3.63) is 138 Å². The number of hydrogen-bond donors (Lipinski definition) is 0. The first-order valence-electron chi connectivity index (χ1n) is 16.4. The Kier molecular flexibility index (Phi) is 4.17. The molecule has 0 unspecified atom stereocenters. The molecule has 7 aromatic carbocycles. The Morgan fingerprint density at radius 3 is 1.29 bits per heavy atom. The molecule has 45 heavy (non-hydrogen) atoms. The first-order chi connectivity index (χ1) is 21.9. The van der Waals surface area contributed by atoms with Gasteiger partial charge in [0, 0.05) is 10.8 Å². The Morgan fingerprint density at radius 1 is 0.400 bits per heavy atom. The van der Waals surface area contributed by atoms with E-state index < -0.39 is 0 Å². The highest BCUT2D eigenvalue weighted by Gasteiger charge is 2.45. The fraction of sp³-hybridized carbons (Fsp3) is 0.136. The lowest BCUT2D eigenvalue weighted by atomic mass is 9.30. The van der Waals surface area contributed by atoms with E-state index in [-0.39, 0.29) is 17.5 Å². The summed E-state index contributed by atoms with van der Waals surface area (Å²) in [7, 11) is 0. The van der Waals surface area contributed by atoms with E-state index in [9.17, 15) is 0 Å². The zero-order chi connectivity index (χ0) is 30.0. The highest BCUT2D eigenvalue weighted by molar-refractivity contribution is 7.01. The van der Waals surface area contributed by atoms with Crippen LogP contribution in [0.5, 0.6) is 0 Å². The van der Waals surface area contributed by atoms with Crippen molar-refractivity contribution in [3.63, 3.8) is 0 Å². The quantitative estimate of drug-likeness (QED) is 0.160. The monoisotopic (exact) mass is 570 g/mol. The first kappa shape index (κ1) is 24.4. The Balaban J connectivity index is 1.34. The van der Waals surface area contributed by atoms with E-state index in [1.54, 1.807) is 0 Å². The van der Waals surface area contributed by atoms with Crippen molar-refractivity contribution in [2.24, 2.45) is 0 Å². The van der Waals surface area contributed by atoms with Crippen LogP contribution in [-0.2, 0) is 10.8 Å². The molecule has 0 saturated carbocycles. The van der Waals surface area contributed by atoms with Gasteiger partial charge in [0.1, 0.15) is 0 Å². The summed E-state index contributed by atoms with van der Waals surface area (Å²) in [5.74, 6) is 0. The Bertz CT molecular complexity index is 2370. The second-order valence-corrected chi connectivity index (χ2v) is 14.8. The molecule has 2 aliphatic heterocycles. The normalized spacial score (nSPS) is 16.3. The summed E-state index contributed by atoms with van der Waals surface area (Å²) in [4.78, 5) is 0. The smallest absolute Gasteiger partial charge is 0.0619 e. The summed E-state index contributed by atoms with van der Waals surface area (Å²) in [5.41, 5.74) is 21.3. The predicted octanol–water partition coefficient (Wildman–Crippen LogP) is 9.08. The molecule has 11 rings (SSSR count). The molecule has 0 atom stereocenters. The number of fused-ring (bicyclic) bond motifs is 12. The minimum atomic E-state index is -0.0551. The van der Waals surface area contributed by atoms with Gasteiger partial charge in [-0.3, -0.25) is 0 Å². The lowest BCUT2D eigenvalue weighted by Gasteiger charge is -2.36. The average molecular weight is 571 g/mol. The van der Waals surface area contributed by atoms with Gasteiger partial charge in [0.25, 0.3) is 0 Å². The molecule has 0 spiro atoms. The third-order valence-corrected chi connectivity index (χ3v) is 12.0. The summed E-state index contributed by atoms with van der Waals surface area (Å²) >= 11 is 0. The molecule has 210 valence electrons. The minimum absolute atomic E-state index is 0.0551. The zero-order valence-electron chi connectivity index (χ0n) is 26.0. The van der Waals surface area contributed by atoms with Gasteiger partial charge >= 0.3 is 0 Å². The van der Waals surface area contributed by atoms with E-state index in [1.165, 1.54) is 105 Å². The molecule has 0 amide bonds. The van der Waals surface area contributed by atoms with Crippen molar-refractivity contribution in [2.75, 3.05) is 0 Å². The van der Waals surface area contributed by atoms with Crippen molar-refractivity contribution in [1.82, 2.24) is 0 Å². The van der Waals surface area contributed by atoms with Gasteiger partial charge in [0.05, 0.1) is 0 Å². The van der Waals surface area contributed by atoms with Crippen LogP contribution >= 0.6 is 0 Å². The highest BCUT2D eigenvalue weighted by atomic mass is 14.4. The summed E-state index contributed by atoms with van der Waals surface area (Å²) < 4.78 is 0. The van der Waals surface area contributed by atoms with Gasteiger partial charge in [0.15, 0.2) is 0 Å². The van der Waals surface area contributed by atoms with Gasteiger partial charge < -0.3 is 0 Å². The minimum Gasteiger partial charge on any atom is -0.0619 e. The molecule has 0 bridgehead atoms. The van der Waals surface area contributed by atoms with E-state index >= 15 is 0 Å². The maximum atomic E-state index is 2.60. The van der Waals surface area contributed by atoms with Gasteiger partial charge in [-0.25, -0.2) is 0 Å². The van der Waals surface area contributed by atoms with E-state index in [4.69, 9.17) is 0 Å². The molecule has 7 aromatic rings. The van der Waals surface area contributed by atoms with Crippen LogP contribution in [0.1, 0.15) is 49.9 Å². The molecule has 1 heteroatoms. The molecule has 0 saturated heterocycles. The molecule has 0 nitrogen and oxygen atoms in total. The average Bonchev–Trinajstić information content (AvgIpc) is 3.44. The lowest BCUT2D eigenvalue weighted by Crippen LogP contribution is -2.57. The van der Waals surface area contributed by atoms with Crippen LogP contribution in [-0.4, -0.2) is 6.71 Å². The molecule has 0 aromatic heterocycles. The van der Waals surface area contributed by atoms with Crippen LogP contribution in [0.25, 0.3) is 66.1 Å². The molecule has 4 aliphatic rings. The summed E-state index contributed by atoms with van der Waals surface area (Å²) in [6.07, 6.45) is 0. The fourth-order valence-corrected chi connectivity index (χ4v) is 10.3. The summed E-state index contributed by atoms with van der Waals surface area (Å²) in [5, 5.41) is 5.72. The zero-order valence-corrected chi connectivity index (χ0v) is 26.0. The van der Waals surface area contributed by atoms with E-state index in [2.05, 4.69) is 143 Å². The van der Waals surface area contributed by atoms with E-state index in [0.717, 1.165) is 0 Å². The van der Waals surface area contributed by atoms with Gasteiger partial charge in [-0.1, -0.05) is 159 Å². The maximum Gasteiger partial charge on any atom is 0.244 e. The van der Waals surface area contributed by atoms with Gasteiger partial charge in [-0.15, -0.1) is 0 Å². The third kappa shape index (κ3) is 2.63. The fourth-order valence-electron chi connectivity index (χ4n) is 10.3. The second-order valence-electron chi connectivity index (χ2n) is 14.8. The van der Waals surface area contributed by atoms with Gasteiger partial charge in [-0.2, -0.15) is 0 Å². The largest absolute Gasteiger partial charge is 0.244 e. The van der Waals surface area contributed by atoms with Crippen LogP contribution in [0.15, 0.2) is 115 Å². The first-order valence-corrected chi connectivity index (χ1v) is 16.4. The third-order valence-electron chi connectivity index (χ3n) is 12.0. The molecule has 0 fully saturated rings. The standard InChI is InChI=1S/C44H31B/c1-43(2)34-20-7-5-12-24(34)32-22-36-38-26(14-9-18-30(38)40(32)43)28-16-11-17-29-27-15-10-19-31-39(27)37(45(36)42(28)29)23-33-25-13-6-8-21-35(25)44(3,4)41(31)33/h5-23H,1-4H3. The highest BCUT2D eigenvalue weighted by Crippen LogP contribution is 2.54. The van der Waals surface area contributed by atoms with Gasteiger partial charge in [-0.05, 0) is 88.3 Å². The van der Waals surface area contributed by atoms with Crippen LogP contribution in [0, 0.1) is 0 Å². The second kappa shape index (κ2) is 7.67. The molecule has 0 N–H and O–H groups in total. The van der Waals surface area contributed by atoms with Crippen molar-refractivity contribution in [1.29, 1.82) is 0 Å². The number of hydrogen-bond acceptors (Lipinski definition) is 0. The maximum absolute atomic E-state index is 2.60. The van der Waals surface area contributed by atoms with Crippen LogP contribution in [0.2, 0.25) is 0 Å². The molecule has 0 radical (unpaired) electrons. The van der Waals surface area contributed by atoms with Crippen molar-refractivity contribution >= 4 is 44.6 Å². The van der Waals surface area contributed by atoms with Crippen molar-refractivity contribution < 1.29 is 0 Å². The van der Waals surface area contributed by atoms with E-state index in [0.29, 0.717) is 0 Å². The molecular weight excluding hydrogens is 539 g/mol. The van der Waals surface area contributed by atoms with Crippen LogP contribution in [0.4, 0.5) is 0 Å². The van der Waals surface area contributed by atoms with Crippen molar-refractivity contribution in [2.45, 2.75) is 38.5 Å². The van der Waals surface area contributed by atoms with Crippen molar-refractivity contribution in [3.8, 4) is 44.5 Å². The number of rotatable bonds is 0. The van der Waals surface area contributed by atoms with E-state index in [1.807, 2.05) is 0 Å². The SMILES string of the molecule is CC1(C)c2ccccc2-c2cc3c4c(cccc4c21)-c1cccc2c1B3c1cc3c(c4cccc-2c14)C(C)(C)c1ccccc1-3.